The van der Waals surface area contributed by atoms with Crippen LogP contribution < -0.4 is 0 Å². The Morgan fingerprint density at radius 2 is 1.85 bits per heavy atom. The van der Waals surface area contributed by atoms with Crippen LogP contribution in [0.2, 0.25) is 0 Å². The van der Waals surface area contributed by atoms with Crippen LogP contribution in [0.4, 0.5) is 0 Å². The molecule has 4 unspecified atom stereocenters. The van der Waals surface area contributed by atoms with Gasteiger partial charge in [-0.2, -0.15) is 0 Å². The lowest BCUT2D eigenvalue weighted by Gasteiger charge is -2.34. The third-order valence-electron chi connectivity index (χ3n) is 3.20. The highest BCUT2D eigenvalue weighted by molar-refractivity contribution is 5.75. The van der Waals surface area contributed by atoms with Gasteiger partial charge < -0.3 is 9.90 Å². The lowest BCUT2D eigenvalue weighted by atomic mass is 9.68. The molecule has 74 valence electrons. The van der Waals surface area contributed by atoms with Crippen LogP contribution in [0.5, 0.6) is 0 Å². The van der Waals surface area contributed by atoms with Crippen molar-refractivity contribution in [3.8, 4) is 0 Å². The zero-order chi connectivity index (χ0) is 10.0. The zero-order valence-corrected chi connectivity index (χ0v) is 8.06. The molecule has 0 saturated heterocycles. The normalized spacial score (nSPS) is 39.8. The predicted octanol–water partition coefficient (Wildman–Crippen LogP) is 1.57. The first kappa shape index (κ1) is 10.2. The average Bonchev–Trinajstić information content (AvgIpc) is 2.07. The first-order valence-electron chi connectivity index (χ1n) is 4.76. The second-order valence-corrected chi connectivity index (χ2v) is 4.11. The molecule has 13 heavy (non-hydrogen) atoms. The Labute approximate surface area is 78.1 Å². The van der Waals surface area contributed by atoms with Crippen molar-refractivity contribution < 1.29 is 14.7 Å². The molecular weight excluding hydrogens is 168 g/mol. The van der Waals surface area contributed by atoms with Gasteiger partial charge in [0.1, 0.15) is 6.29 Å². The molecule has 1 fully saturated rings. The number of aldehydes is 1. The van der Waals surface area contributed by atoms with E-state index in [4.69, 9.17) is 5.11 Å². The first-order chi connectivity index (χ1) is 6.07. The minimum Gasteiger partial charge on any atom is -0.481 e. The summed E-state index contributed by atoms with van der Waals surface area (Å²) in [7, 11) is 0. The Bertz CT molecular complexity index is 212. The van der Waals surface area contributed by atoms with Crippen molar-refractivity contribution in [1.82, 2.24) is 0 Å². The maximum absolute atomic E-state index is 10.9. The number of carboxylic acid groups (broad SMARTS) is 1. The third-order valence-corrected chi connectivity index (χ3v) is 3.20. The second kappa shape index (κ2) is 3.90. The highest BCUT2D eigenvalue weighted by Crippen LogP contribution is 2.37. The molecular formula is C10H16O3. The number of rotatable bonds is 2. The number of hydrogen-bond donors (Lipinski definition) is 1. The van der Waals surface area contributed by atoms with E-state index in [0.717, 1.165) is 19.1 Å². The van der Waals surface area contributed by atoms with E-state index in [2.05, 4.69) is 0 Å². The molecule has 1 aliphatic rings. The van der Waals surface area contributed by atoms with E-state index < -0.39 is 11.9 Å². The smallest absolute Gasteiger partial charge is 0.307 e. The summed E-state index contributed by atoms with van der Waals surface area (Å²) in [5, 5.41) is 8.97. The quantitative estimate of drug-likeness (QED) is 0.663. The summed E-state index contributed by atoms with van der Waals surface area (Å²) >= 11 is 0. The number of hydrogen-bond acceptors (Lipinski definition) is 2. The summed E-state index contributed by atoms with van der Waals surface area (Å²) in [4.78, 5) is 21.7. The Morgan fingerprint density at radius 3 is 2.23 bits per heavy atom. The van der Waals surface area contributed by atoms with E-state index in [1.807, 2.05) is 13.8 Å². The van der Waals surface area contributed by atoms with Gasteiger partial charge >= 0.3 is 5.97 Å². The lowest BCUT2D eigenvalue weighted by Crippen LogP contribution is -2.38. The summed E-state index contributed by atoms with van der Waals surface area (Å²) in [6.07, 6.45) is 2.70. The van der Waals surface area contributed by atoms with Crippen LogP contribution in [-0.4, -0.2) is 17.4 Å². The van der Waals surface area contributed by atoms with Gasteiger partial charge in [0.2, 0.25) is 0 Å². The molecule has 1 rings (SSSR count). The van der Waals surface area contributed by atoms with E-state index in [9.17, 15) is 9.59 Å². The van der Waals surface area contributed by atoms with Gasteiger partial charge in [0.25, 0.3) is 0 Å². The second-order valence-electron chi connectivity index (χ2n) is 4.11. The van der Waals surface area contributed by atoms with Gasteiger partial charge in [-0.3, -0.25) is 4.79 Å². The van der Waals surface area contributed by atoms with Crippen molar-refractivity contribution in [2.75, 3.05) is 0 Å². The minimum absolute atomic E-state index is 0.129. The molecule has 0 aromatic carbocycles. The summed E-state index contributed by atoms with van der Waals surface area (Å²) in [5.74, 6) is -1.24. The highest BCUT2D eigenvalue weighted by Gasteiger charge is 2.39. The maximum Gasteiger partial charge on any atom is 0.307 e. The average molecular weight is 184 g/mol. The van der Waals surface area contributed by atoms with Gasteiger partial charge in [-0.25, -0.2) is 0 Å². The van der Waals surface area contributed by atoms with E-state index >= 15 is 0 Å². The van der Waals surface area contributed by atoms with Crippen LogP contribution in [0.15, 0.2) is 0 Å². The number of carbonyl (C=O) groups is 2. The van der Waals surface area contributed by atoms with Crippen molar-refractivity contribution in [1.29, 1.82) is 0 Å². The van der Waals surface area contributed by atoms with Crippen molar-refractivity contribution in [3.05, 3.63) is 0 Å². The number of aliphatic carboxylic acids is 1. The number of carboxylic acids is 1. The van der Waals surface area contributed by atoms with Crippen LogP contribution in [0.1, 0.15) is 26.7 Å². The highest BCUT2D eigenvalue weighted by atomic mass is 16.4. The predicted molar refractivity (Wildman–Crippen MR) is 48.2 cm³/mol. The molecule has 0 spiro atoms. The van der Waals surface area contributed by atoms with Crippen LogP contribution in [-0.2, 0) is 9.59 Å². The van der Waals surface area contributed by atoms with Crippen molar-refractivity contribution >= 4 is 12.3 Å². The Morgan fingerprint density at radius 1 is 1.31 bits per heavy atom. The van der Waals surface area contributed by atoms with E-state index in [-0.39, 0.29) is 17.8 Å². The largest absolute Gasteiger partial charge is 0.481 e. The summed E-state index contributed by atoms with van der Waals surface area (Å²) < 4.78 is 0. The third kappa shape index (κ3) is 1.90. The topological polar surface area (TPSA) is 54.4 Å². The first-order valence-corrected chi connectivity index (χ1v) is 4.76. The van der Waals surface area contributed by atoms with E-state index in [1.54, 1.807) is 0 Å². The molecule has 0 bridgehead atoms. The molecule has 1 saturated carbocycles. The fraction of sp³-hybridized carbons (Fsp3) is 0.800. The molecule has 1 aliphatic carbocycles. The molecule has 0 heterocycles. The Hall–Kier alpha value is -0.860. The Balaban J connectivity index is 2.83. The fourth-order valence-corrected chi connectivity index (χ4v) is 2.26. The van der Waals surface area contributed by atoms with Crippen molar-refractivity contribution in [2.45, 2.75) is 26.7 Å². The zero-order valence-electron chi connectivity index (χ0n) is 8.06. The summed E-state index contributed by atoms with van der Waals surface area (Å²) in [5.41, 5.74) is 0. The molecule has 3 heteroatoms. The minimum atomic E-state index is -0.823. The molecule has 0 amide bonds. The van der Waals surface area contributed by atoms with Gasteiger partial charge in [-0.15, -0.1) is 0 Å². The van der Waals surface area contributed by atoms with Gasteiger partial charge in [0.05, 0.1) is 5.92 Å². The standard InChI is InChI=1S/C10H16O3/c1-6-3-4-7(2)9(10(12)13)8(6)5-11/h5-9H,3-4H2,1-2H3,(H,12,13). The van der Waals surface area contributed by atoms with Gasteiger partial charge in [-0.05, 0) is 24.7 Å². The van der Waals surface area contributed by atoms with Gasteiger partial charge in [0, 0.05) is 5.92 Å². The Kier molecular flexibility index (Phi) is 3.07. The van der Waals surface area contributed by atoms with Gasteiger partial charge in [0.15, 0.2) is 0 Å². The van der Waals surface area contributed by atoms with Crippen LogP contribution in [0.3, 0.4) is 0 Å². The fourth-order valence-electron chi connectivity index (χ4n) is 2.26. The molecule has 0 aliphatic heterocycles. The molecule has 1 N–H and O–H groups in total. The molecule has 0 radical (unpaired) electrons. The molecule has 0 aromatic heterocycles. The lowest BCUT2D eigenvalue weighted by molar-refractivity contribution is -0.150. The van der Waals surface area contributed by atoms with Crippen LogP contribution in [0, 0.1) is 23.7 Å². The van der Waals surface area contributed by atoms with Gasteiger partial charge in [-0.1, -0.05) is 13.8 Å². The summed E-state index contributed by atoms with van der Waals surface area (Å²) in [6.45, 7) is 3.88. The SMILES string of the molecule is CC1CCC(C)C(C(=O)O)C1C=O. The van der Waals surface area contributed by atoms with Crippen LogP contribution >= 0.6 is 0 Å². The van der Waals surface area contributed by atoms with Crippen molar-refractivity contribution in [3.63, 3.8) is 0 Å². The van der Waals surface area contributed by atoms with E-state index in [1.165, 1.54) is 0 Å². The summed E-state index contributed by atoms with van der Waals surface area (Å²) in [6, 6.07) is 0. The monoisotopic (exact) mass is 184 g/mol. The maximum atomic E-state index is 10.9. The molecule has 4 atom stereocenters. The van der Waals surface area contributed by atoms with Crippen molar-refractivity contribution in [2.24, 2.45) is 23.7 Å². The molecule has 3 nitrogen and oxygen atoms in total. The van der Waals surface area contributed by atoms with Crippen LogP contribution in [0.25, 0.3) is 0 Å². The molecule has 0 aromatic rings. The number of carbonyl (C=O) groups excluding carboxylic acids is 1. The van der Waals surface area contributed by atoms with E-state index in [0.29, 0.717) is 0 Å².